The van der Waals surface area contributed by atoms with Gasteiger partial charge in [0.2, 0.25) is 0 Å². The molecule has 1 aromatic carbocycles. The molecule has 0 saturated carbocycles. The molecule has 1 aromatic heterocycles. The number of aromatic nitrogens is 1. The molecule has 2 aromatic rings. The lowest BCUT2D eigenvalue weighted by atomic mass is 9.86. The maximum Gasteiger partial charge on any atom is 0.106 e. The summed E-state index contributed by atoms with van der Waals surface area (Å²) in [5.41, 5.74) is 2.15. The van der Waals surface area contributed by atoms with E-state index in [0.717, 1.165) is 17.0 Å². The number of benzene rings is 1. The summed E-state index contributed by atoms with van der Waals surface area (Å²) in [6.45, 7) is 6.53. The SMILES string of the molecule is CC(C)N1OC(c2ccc(Cl)cc2)CC1(C)c1cccnc1. The normalized spacial score (nSPS) is 25.8. The third-order valence-electron chi connectivity index (χ3n) is 4.30. The average molecular weight is 317 g/mol. The monoisotopic (exact) mass is 316 g/mol. The Morgan fingerprint density at radius 2 is 2.00 bits per heavy atom. The Balaban J connectivity index is 1.95. The first kappa shape index (κ1) is 15.5. The first-order valence-corrected chi connectivity index (χ1v) is 8.00. The van der Waals surface area contributed by atoms with E-state index in [1.165, 1.54) is 5.56 Å². The Morgan fingerprint density at radius 3 is 2.59 bits per heavy atom. The van der Waals surface area contributed by atoms with Gasteiger partial charge in [0.05, 0.1) is 5.54 Å². The van der Waals surface area contributed by atoms with Gasteiger partial charge in [-0.15, -0.1) is 0 Å². The summed E-state index contributed by atoms with van der Waals surface area (Å²) in [6, 6.07) is 12.3. The Hall–Kier alpha value is -1.42. The fourth-order valence-electron chi connectivity index (χ4n) is 3.22. The third-order valence-corrected chi connectivity index (χ3v) is 4.56. The van der Waals surface area contributed by atoms with E-state index in [-0.39, 0.29) is 17.7 Å². The van der Waals surface area contributed by atoms with Crippen LogP contribution in [0.3, 0.4) is 0 Å². The summed E-state index contributed by atoms with van der Waals surface area (Å²) >= 11 is 5.99. The summed E-state index contributed by atoms with van der Waals surface area (Å²) in [5.74, 6) is 0. The van der Waals surface area contributed by atoms with Crippen molar-refractivity contribution in [1.82, 2.24) is 10.0 Å². The van der Waals surface area contributed by atoms with Gasteiger partial charge in [-0.05, 0) is 50.1 Å². The fraction of sp³-hybridized carbons (Fsp3) is 0.389. The zero-order chi connectivity index (χ0) is 15.7. The summed E-state index contributed by atoms with van der Waals surface area (Å²) in [5, 5.41) is 2.85. The van der Waals surface area contributed by atoms with Crippen LogP contribution in [0.5, 0.6) is 0 Å². The highest BCUT2D eigenvalue weighted by Crippen LogP contribution is 2.47. The predicted octanol–water partition coefficient (Wildman–Crippen LogP) is 4.74. The molecule has 1 aliphatic rings. The number of pyridine rings is 1. The molecule has 0 spiro atoms. The van der Waals surface area contributed by atoms with Crippen LogP contribution in [-0.2, 0) is 10.4 Å². The molecular weight excluding hydrogens is 296 g/mol. The Labute approximate surface area is 136 Å². The van der Waals surface area contributed by atoms with Gasteiger partial charge in [0.25, 0.3) is 0 Å². The van der Waals surface area contributed by atoms with E-state index >= 15 is 0 Å². The molecule has 0 aliphatic carbocycles. The second-order valence-corrected chi connectivity index (χ2v) is 6.72. The van der Waals surface area contributed by atoms with Crippen LogP contribution in [0.2, 0.25) is 5.02 Å². The average Bonchev–Trinajstić information content (AvgIpc) is 2.88. The Kier molecular flexibility index (Phi) is 4.22. The first-order chi connectivity index (χ1) is 10.5. The van der Waals surface area contributed by atoms with Crippen molar-refractivity contribution in [3.63, 3.8) is 0 Å². The molecule has 2 unspecified atom stereocenters. The van der Waals surface area contributed by atoms with Crippen molar-refractivity contribution in [2.24, 2.45) is 0 Å². The zero-order valence-corrected chi connectivity index (χ0v) is 13.9. The zero-order valence-electron chi connectivity index (χ0n) is 13.2. The topological polar surface area (TPSA) is 25.4 Å². The van der Waals surface area contributed by atoms with E-state index < -0.39 is 0 Å². The van der Waals surface area contributed by atoms with Gasteiger partial charge >= 0.3 is 0 Å². The third kappa shape index (κ3) is 2.76. The molecule has 116 valence electrons. The largest absolute Gasteiger partial charge is 0.290 e. The smallest absolute Gasteiger partial charge is 0.106 e. The standard InChI is InChI=1S/C18H21ClN2O/c1-13(2)21-18(3,15-5-4-10-20-12-15)11-17(22-21)14-6-8-16(19)9-7-14/h4-10,12-13,17H,11H2,1-3H3. The number of halogens is 1. The second-order valence-electron chi connectivity index (χ2n) is 6.28. The van der Waals surface area contributed by atoms with Gasteiger partial charge in [-0.25, -0.2) is 0 Å². The van der Waals surface area contributed by atoms with E-state index in [2.05, 4.69) is 36.9 Å². The Bertz CT molecular complexity index is 629. The molecule has 3 rings (SSSR count). The molecule has 0 N–H and O–H groups in total. The van der Waals surface area contributed by atoms with Crippen LogP contribution in [0.4, 0.5) is 0 Å². The van der Waals surface area contributed by atoms with E-state index in [1.807, 2.05) is 36.5 Å². The van der Waals surface area contributed by atoms with Crippen molar-refractivity contribution in [3.05, 3.63) is 64.9 Å². The minimum atomic E-state index is -0.188. The Morgan fingerprint density at radius 1 is 1.27 bits per heavy atom. The van der Waals surface area contributed by atoms with Gasteiger partial charge < -0.3 is 0 Å². The highest BCUT2D eigenvalue weighted by Gasteiger charge is 2.46. The molecule has 0 bridgehead atoms. The minimum absolute atomic E-state index is 0.0323. The van der Waals surface area contributed by atoms with E-state index in [9.17, 15) is 0 Å². The van der Waals surface area contributed by atoms with Crippen molar-refractivity contribution in [3.8, 4) is 0 Å². The number of hydroxylamine groups is 2. The van der Waals surface area contributed by atoms with E-state index in [4.69, 9.17) is 16.4 Å². The minimum Gasteiger partial charge on any atom is -0.290 e. The summed E-state index contributed by atoms with van der Waals surface area (Å²) in [4.78, 5) is 10.6. The number of hydrogen-bond donors (Lipinski definition) is 0. The number of hydrogen-bond acceptors (Lipinski definition) is 3. The van der Waals surface area contributed by atoms with Crippen LogP contribution in [0.15, 0.2) is 48.8 Å². The molecule has 1 fully saturated rings. The van der Waals surface area contributed by atoms with E-state index in [0.29, 0.717) is 0 Å². The van der Waals surface area contributed by atoms with Crippen LogP contribution in [0.1, 0.15) is 44.4 Å². The lowest BCUT2D eigenvalue weighted by Crippen LogP contribution is -2.42. The predicted molar refractivity (Wildman–Crippen MR) is 88.5 cm³/mol. The second kappa shape index (κ2) is 5.99. The van der Waals surface area contributed by atoms with Crippen LogP contribution >= 0.6 is 11.6 Å². The maximum atomic E-state index is 6.28. The lowest BCUT2D eigenvalue weighted by Gasteiger charge is -2.35. The molecule has 3 nitrogen and oxygen atoms in total. The van der Waals surface area contributed by atoms with Gasteiger partial charge in [-0.1, -0.05) is 29.8 Å². The van der Waals surface area contributed by atoms with Crippen molar-refractivity contribution < 1.29 is 4.84 Å². The molecule has 0 amide bonds. The molecule has 1 aliphatic heterocycles. The highest BCUT2D eigenvalue weighted by atomic mass is 35.5. The van der Waals surface area contributed by atoms with Crippen molar-refractivity contribution in [2.45, 2.75) is 44.9 Å². The molecule has 4 heteroatoms. The van der Waals surface area contributed by atoms with Gasteiger partial charge in [0, 0.05) is 29.9 Å². The molecular formula is C18H21ClN2O. The van der Waals surface area contributed by atoms with Crippen LogP contribution < -0.4 is 0 Å². The quantitative estimate of drug-likeness (QED) is 0.818. The van der Waals surface area contributed by atoms with Crippen molar-refractivity contribution in [2.75, 3.05) is 0 Å². The summed E-state index contributed by atoms with van der Waals surface area (Å²) in [6.07, 6.45) is 4.66. The summed E-state index contributed by atoms with van der Waals surface area (Å²) in [7, 11) is 0. The lowest BCUT2D eigenvalue weighted by molar-refractivity contribution is -0.208. The molecule has 22 heavy (non-hydrogen) atoms. The van der Waals surface area contributed by atoms with Gasteiger partial charge in [0.15, 0.2) is 0 Å². The highest BCUT2D eigenvalue weighted by molar-refractivity contribution is 6.30. The summed E-state index contributed by atoms with van der Waals surface area (Å²) < 4.78 is 0. The molecule has 2 atom stereocenters. The van der Waals surface area contributed by atoms with Crippen molar-refractivity contribution >= 4 is 11.6 Å². The van der Waals surface area contributed by atoms with Crippen LogP contribution in [0.25, 0.3) is 0 Å². The maximum absolute atomic E-state index is 6.28. The molecule has 2 heterocycles. The van der Waals surface area contributed by atoms with Gasteiger partial charge in [0.1, 0.15) is 6.10 Å². The number of rotatable bonds is 3. The van der Waals surface area contributed by atoms with Crippen LogP contribution in [-0.4, -0.2) is 16.1 Å². The van der Waals surface area contributed by atoms with E-state index in [1.54, 1.807) is 6.20 Å². The molecule has 1 saturated heterocycles. The van der Waals surface area contributed by atoms with Crippen LogP contribution in [0, 0.1) is 0 Å². The van der Waals surface area contributed by atoms with Crippen molar-refractivity contribution in [1.29, 1.82) is 0 Å². The van der Waals surface area contributed by atoms with Gasteiger partial charge in [-0.3, -0.25) is 9.82 Å². The first-order valence-electron chi connectivity index (χ1n) is 7.63. The van der Waals surface area contributed by atoms with Gasteiger partial charge in [-0.2, -0.15) is 5.06 Å². The molecule has 0 radical (unpaired) electrons. The fourth-order valence-corrected chi connectivity index (χ4v) is 3.34. The number of nitrogens with zero attached hydrogens (tertiary/aromatic N) is 2.